The topological polar surface area (TPSA) is 75.7 Å². The molecule has 1 fully saturated rings. The second-order valence-electron chi connectivity index (χ2n) is 6.85. The number of sulfonamides is 1. The first-order valence-electron chi connectivity index (χ1n) is 9.51. The summed E-state index contributed by atoms with van der Waals surface area (Å²) in [6, 6.07) is 14.7. The molecule has 1 aliphatic heterocycles. The zero-order valence-corrected chi connectivity index (χ0v) is 16.9. The summed E-state index contributed by atoms with van der Waals surface area (Å²) in [5.74, 6) is 0.865. The van der Waals surface area contributed by atoms with Crippen molar-refractivity contribution in [2.45, 2.75) is 25.7 Å². The molecule has 0 bridgehead atoms. The lowest BCUT2D eigenvalue weighted by molar-refractivity contribution is 0.0953. The predicted molar refractivity (Wildman–Crippen MR) is 110 cm³/mol. The second-order valence-corrected chi connectivity index (χ2v) is 8.86. The number of carbonyl (C=O) groups excluding carboxylic acids is 1. The molecule has 0 aliphatic carbocycles. The highest BCUT2D eigenvalue weighted by Crippen LogP contribution is 2.23. The Labute approximate surface area is 166 Å². The van der Waals surface area contributed by atoms with Crippen LogP contribution in [0.25, 0.3) is 0 Å². The minimum absolute atomic E-state index is 0.150. The maximum atomic E-state index is 12.3. The molecule has 2 aromatic carbocycles. The summed E-state index contributed by atoms with van der Waals surface area (Å²) in [5.41, 5.74) is 2.35. The van der Waals surface area contributed by atoms with E-state index in [1.54, 1.807) is 31.4 Å². The van der Waals surface area contributed by atoms with Crippen molar-refractivity contribution in [1.29, 1.82) is 0 Å². The van der Waals surface area contributed by atoms with Crippen molar-refractivity contribution < 1.29 is 17.9 Å². The number of benzene rings is 2. The average molecular weight is 403 g/mol. The number of nitrogens with one attached hydrogen (secondary N) is 1. The van der Waals surface area contributed by atoms with Gasteiger partial charge in [-0.2, -0.15) is 0 Å². The van der Waals surface area contributed by atoms with Gasteiger partial charge in [0.25, 0.3) is 5.91 Å². The van der Waals surface area contributed by atoms with Crippen molar-refractivity contribution in [1.82, 2.24) is 5.32 Å². The fourth-order valence-electron chi connectivity index (χ4n) is 3.25. The Hall–Kier alpha value is -2.54. The molecule has 3 rings (SSSR count). The van der Waals surface area contributed by atoms with Gasteiger partial charge in [-0.3, -0.25) is 9.10 Å². The first kappa shape index (κ1) is 20.2. The van der Waals surface area contributed by atoms with Gasteiger partial charge in [0, 0.05) is 18.7 Å². The Kier molecular flexibility index (Phi) is 6.57. The zero-order valence-electron chi connectivity index (χ0n) is 16.1. The molecule has 0 saturated carbocycles. The van der Waals surface area contributed by atoms with Gasteiger partial charge in [0.15, 0.2) is 0 Å². The summed E-state index contributed by atoms with van der Waals surface area (Å²) in [6.07, 6.45) is 3.27. The van der Waals surface area contributed by atoms with E-state index in [2.05, 4.69) is 5.32 Å². The number of hydrogen-bond acceptors (Lipinski definition) is 4. The van der Waals surface area contributed by atoms with Gasteiger partial charge in [0.05, 0.1) is 18.6 Å². The van der Waals surface area contributed by atoms with Crippen LogP contribution in [0.5, 0.6) is 5.75 Å². The molecule has 0 aromatic heterocycles. The van der Waals surface area contributed by atoms with Crippen LogP contribution in [0.15, 0.2) is 48.5 Å². The van der Waals surface area contributed by atoms with Crippen molar-refractivity contribution in [2.75, 3.05) is 30.3 Å². The predicted octanol–water partition coefficient (Wildman–Crippen LogP) is 2.99. The smallest absolute Gasteiger partial charge is 0.251 e. The summed E-state index contributed by atoms with van der Waals surface area (Å²) < 4.78 is 30.9. The van der Waals surface area contributed by atoms with Gasteiger partial charge < -0.3 is 10.1 Å². The Morgan fingerprint density at radius 2 is 1.79 bits per heavy atom. The van der Waals surface area contributed by atoms with Gasteiger partial charge in [-0.15, -0.1) is 0 Å². The van der Waals surface area contributed by atoms with Crippen molar-refractivity contribution in [3.05, 3.63) is 59.7 Å². The third kappa shape index (κ3) is 5.04. The van der Waals surface area contributed by atoms with Crippen LogP contribution >= 0.6 is 0 Å². The molecule has 7 heteroatoms. The fourth-order valence-corrected chi connectivity index (χ4v) is 4.89. The van der Waals surface area contributed by atoms with Crippen LogP contribution in [0.3, 0.4) is 0 Å². The highest BCUT2D eigenvalue weighted by Gasteiger charge is 2.25. The number of methoxy groups -OCH3 is 1. The van der Waals surface area contributed by atoms with E-state index in [0.29, 0.717) is 30.8 Å². The van der Waals surface area contributed by atoms with E-state index in [0.717, 1.165) is 25.0 Å². The fraction of sp³-hybridized carbons (Fsp3) is 0.381. The van der Waals surface area contributed by atoms with Crippen molar-refractivity contribution >= 4 is 21.6 Å². The van der Waals surface area contributed by atoms with E-state index in [1.807, 2.05) is 24.3 Å². The Morgan fingerprint density at radius 1 is 1.07 bits per heavy atom. The lowest BCUT2D eigenvalue weighted by Crippen LogP contribution is -2.37. The van der Waals surface area contributed by atoms with Crippen molar-refractivity contribution in [3.8, 4) is 5.75 Å². The van der Waals surface area contributed by atoms with Crippen LogP contribution in [0.1, 0.15) is 35.2 Å². The molecule has 28 heavy (non-hydrogen) atoms. The first-order chi connectivity index (χ1) is 13.5. The molecule has 1 N–H and O–H groups in total. The van der Waals surface area contributed by atoms with E-state index in [4.69, 9.17) is 4.74 Å². The SMILES string of the molecule is COc1ccc(CCCNC(=O)c2ccc(N3CCCCS3(=O)=O)cc2)cc1. The third-order valence-corrected chi connectivity index (χ3v) is 6.72. The number of rotatable bonds is 7. The number of carbonyl (C=O) groups is 1. The van der Waals surface area contributed by atoms with Crippen LogP contribution in [-0.2, 0) is 16.4 Å². The molecule has 1 heterocycles. The Morgan fingerprint density at radius 3 is 2.43 bits per heavy atom. The third-order valence-electron chi connectivity index (χ3n) is 4.85. The van der Waals surface area contributed by atoms with Gasteiger partial charge in [-0.05, 0) is 67.6 Å². The van der Waals surface area contributed by atoms with Crippen molar-refractivity contribution in [3.63, 3.8) is 0 Å². The van der Waals surface area contributed by atoms with Crippen LogP contribution in [0.4, 0.5) is 5.69 Å². The molecule has 0 atom stereocenters. The summed E-state index contributed by atoms with van der Waals surface area (Å²) in [7, 11) is -1.59. The van der Waals surface area contributed by atoms with E-state index in [1.165, 1.54) is 9.87 Å². The number of anilines is 1. The standard InChI is InChI=1S/C21H26N2O4S/c1-27-20-12-6-17(7-13-20)5-4-14-22-21(24)18-8-10-19(11-9-18)23-15-2-3-16-28(23,25)26/h6-13H,2-5,14-16H2,1H3,(H,22,24). The number of ether oxygens (including phenoxy) is 1. The van der Waals surface area contributed by atoms with Crippen LogP contribution < -0.4 is 14.4 Å². The van der Waals surface area contributed by atoms with Crippen LogP contribution in [0, 0.1) is 0 Å². The molecule has 1 amide bonds. The molecule has 0 spiro atoms. The molecular weight excluding hydrogens is 376 g/mol. The number of aryl methyl sites for hydroxylation is 1. The Balaban J connectivity index is 1.49. The number of amides is 1. The average Bonchev–Trinajstić information content (AvgIpc) is 2.71. The van der Waals surface area contributed by atoms with Crippen LogP contribution in [-0.4, -0.2) is 40.3 Å². The Bertz CT molecular complexity index is 893. The van der Waals surface area contributed by atoms with E-state index in [-0.39, 0.29) is 11.7 Å². The minimum atomic E-state index is -3.23. The summed E-state index contributed by atoms with van der Waals surface area (Å²) in [4.78, 5) is 12.3. The molecule has 0 radical (unpaired) electrons. The molecule has 0 unspecified atom stereocenters. The van der Waals surface area contributed by atoms with Gasteiger partial charge >= 0.3 is 0 Å². The summed E-state index contributed by atoms with van der Waals surface area (Å²) in [6.45, 7) is 1.08. The molecular formula is C21H26N2O4S. The van der Waals surface area contributed by atoms with Gasteiger partial charge in [0.1, 0.15) is 5.75 Å². The molecule has 2 aromatic rings. The number of hydrogen-bond donors (Lipinski definition) is 1. The minimum Gasteiger partial charge on any atom is -0.497 e. The normalized spacial score (nSPS) is 15.8. The van der Waals surface area contributed by atoms with Gasteiger partial charge in [0.2, 0.25) is 10.0 Å². The van der Waals surface area contributed by atoms with Crippen LogP contribution in [0.2, 0.25) is 0 Å². The quantitative estimate of drug-likeness (QED) is 0.723. The molecule has 1 saturated heterocycles. The maximum absolute atomic E-state index is 12.3. The second kappa shape index (κ2) is 9.10. The lowest BCUT2D eigenvalue weighted by Gasteiger charge is -2.28. The van der Waals surface area contributed by atoms with E-state index in [9.17, 15) is 13.2 Å². The largest absolute Gasteiger partial charge is 0.497 e. The molecule has 1 aliphatic rings. The molecule has 150 valence electrons. The zero-order chi connectivity index (χ0) is 20.0. The first-order valence-corrected chi connectivity index (χ1v) is 11.1. The maximum Gasteiger partial charge on any atom is 0.251 e. The molecule has 6 nitrogen and oxygen atoms in total. The van der Waals surface area contributed by atoms with E-state index >= 15 is 0 Å². The highest BCUT2D eigenvalue weighted by atomic mass is 32.2. The summed E-state index contributed by atoms with van der Waals surface area (Å²) >= 11 is 0. The number of nitrogens with zero attached hydrogens (tertiary/aromatic N) is 1. The van der Waals surface area contributed by atoms with Crippen molar-refractivity contribution in [2.24, 2.45) is 0 Å². The van der Waals surface area contributed by atoms with Gasteiger partial charge in [-0.25, -0.2) is 8.42 Å². The highest BCUT2D eigenvalue weighted by molar-refractivity contribution is 7.92. The lowest BCUT2D eigenvalue weighted by atomic mass is 10.1. The van der Waals surface area contributed by atoms with Gasteiger partial charge in [-0.1, -0.05) is 12.1 Å². The van der Waals surface area contributed by atoms with E-state index < -0.39 is 10.0 Å². The monoisotopic (exact) mass is 402 g/mol. The summed E-state index contributed by atoms with van der Waals surface area (Å²) in [5, 5.41) is 2.91.